The van der Waals surface area contributed by atoms with Crippen LogP contribution in [0.25, 0.3) is 0 Å². The zero-order valence-corrected chi connectivity index (χ0v) is 17.2. The van der Waals surface area contributed by atoms with Crippen LogP contribution in [0.15, 0.2) is 36.4 Å². The third-order valence-corrected chi connectivity index (χ3v) is 5.69. The van der Waals surface area contributed by atoms with Crippen molar-refractivity contribution >= 4 is 17.5 Å². The molecular formula is C22H25ClFN3O2. The number of hydrogen-bond donors (Lipinski definition) is 1. The number of halogens is 2. The second-order valence-electron chi connectivity index (χ2n) is 7.59. The Labute approximate surface area is 175 Å². The second kappa shape index (κ2) is 8.69. The zero-order valence-electron chi connectivity index (χ0n) is 16.5. The van der Waals surface area contributed by atoms with Crippen molar-refractivity contribution in [2.45, 2.75) is 25.4 Å². The summed E-state index contributed by atoms with van der Waals surface area (Å²) in [5, 5.41) is 3.39. The molecule has 0 spiro atoms. The number of ether oxygens (including phenoxy) is 1. The van der Waals surface area contributed by atoms with Crippen molar-refractivity contribution in [1.29, 1.82) is 0 Å². The highest BCUT2D eigenvalue weighted by Crippen LogP contribution is 2.31. The summed E-state index contributed by atoms with van der Waals surface area (Å²) < 4.78 is 19.9. The summed E-state index contributed by atoms with van der Waals surface area (Å²) in [7, 11) is 1.82. The fraction of sp³-hybridized carbons (Fsp3) is 0.409. The average Bonchev–Trinajstić information content (AvgIpc) is 3.56. The topological polar surface area (TPSA) is 44.8 Å². The van der Waals surface area contributed by atoms with Crippen molar-refractivity contribution in [1.82, 2.24) is 15.1 Å². The first-order valence-corrected chi connectivity index (χ1v) is 10.4. The molecule has 154 valence electrons. The number of amides is 1. The van der Waals surface area contributed by atoms with Gasteiger partial charge >= 0.3 is 0 Å². The molecule has 0 atom stereocenters. The summed E-state index contributed by atoms with van der Waals surface area (Å²) in [6.45, 7) is 3.89. The molecule has 1 saturated carbocycles. The van der Waals surface area contributed by atoms with Gasteiger partial charge in [-0.15, -0.1) is 0 Å². The Morgan fingerprint density at radius 1 is 1.14 bits per heavy atom. The third kappa shape index (κ3) is 4.71. The van der Waals surface area contributed by atoms with E-state index in [-0.39, 0.29) is 11.7 Å². The van der Waals surface area contributed by atoms with Crippen LogP contribution in [0.3, 0.4) is 0 Å². The molecule has 0 aromatic heterocycles. The molecule has 2 aromatic rings. The van der Waals surface area contributed by atoms with E-state index in [2.05, 4.69) is 10.2 Å². The van der Waals surface area contributed by atoms with Gasteiger partial charge in [-0.05, 0) is 56.3 Å². The van der Waals surface area contributed by atoms with Crippen LogP contribution >= 0.6 is 11.6 Å². The largest absolute Gasteiger partial charge is 0.454 e. The van der Waals surface area contributed by atoms with Gasteiger partial charge in [0, 0.05) is 54.9 Å². The number of carbonyl (C=O) groups is 1. The number of carbonyl (C=O) groups excluding carboxylic acids is 1. The highest BCUT2D eigenvalue weighted by atomic mass is 35.5. The van der Waals surface area contributed by atoms with Gasteiger partial charge in [-0.3, -0.25) is 9.69 Å². The van der Waals surface area contributed by atoms with Crippen molar-refractivity contribution in [2.24, 2.45) is 0 Å². The molecule has 1 heterocycles. The minimum Gasteiger partial charge on any atom is -0.454 e. The minimum absolute atomic E-state index is 0.0297. The third-order valence-electron chi connectivity index (χ3n) is 5.45. The lowest BCUT2D eigenvalue weighted by molar-refractivity contribution is 0.0627. The van der Waals surface area contributed by atoms with Crippen LogP contribution in [-0.4, -0.2) is 55.0 Å². The molecule has 0 unspecified atom stereocenters. The number of rotatable bonds is 6. The minimum atomic E-state index is -0.526. The van der Waals surface area contributed by atoms with Gasteiger partial charge in [-0.2, -0.15) is 0 Å². The Balaban J connectivity index is 1.49. The maximum atomic E-state index is 14.1. The Morgan fingerprint density at radius 3 is 2.52 bits per heavy atom. The molecule has 0 radical (unpaired) electrons. The van der Waals surface area contributed by atoms with Gasteiger partial charge in [0.15, 0.2) is 11.6 Å². The Bertz CT molecular complexity index is 896. The number of benzene rings is 2. The first-order chi connectivity index (χ1) is 14.0. The molecule has 1 N–H and O–H groups in total. The summed E-state index contributed by atoms with van der Waals surface area (Å²) in [6.07, 6.45) is 2.58. The van der Waals surface area contributed by atoms with Crippen LogP contribution in [0.1, 0.15) is 28.8 Å². The lowest BCUT2D eigenvalue weighted by atomic mass is 10.1. The lowest BCUT2D eigenvalue weighted by Gasteiger charge is -2.35. The van der Waals surface area contributed by atoms with E-state index < -0.39 is 5.82 Å². The van der Waals surface area contributed by atoms with Crippen LogP contribution in [0.2, 0.25) is 5.02 Å². The molecule has 1 amide bonds. The molecule has 5 nitrogen and oxygen atoms in total. The molecule has 2 aromatic carbocycles. The molecular weight excluding hydrogens is 393 g/mol. The normalized spacial score (nSPS) is 17.4. The Hall–Kier alpha value is -2.15. The summed E-state index contributed by atoms with van der Waals surface area (Å²) in [5.41, 5.74) is 1.42. The van der Waals surface area contributed by atoms with Crippen LogP contribution in [0, 0.1) is 5.82 Å². The van der Waals surface area contributed by atoms with E-state index in [1.807, 2.05) is 18.0 Å². The van der Waals surface area contributed by atoms with Crippen LogP contribution in [0.5, 0.6) is 11.5 Å². The number of hydrogen-bond acceptors (Lipinski definition) is 4. The van der Waals surface area contributed by atoms with Crippen molar-refractivity contribution in [3.63, 3.8) is 0 Å². The highest BCUT2D eigenvalue weighted by Gasteiger charge is 2.32. The average molecular weight is 418 g/mol. The number of nitrogens with zero attached hydrogens (tertiary/aromatic N) is 2. The van der Waals surface area contributed by atoms with Gasteiger partial charge in [0.2, 0.25) is 0 Å². The number of nitrogens with one attached hydrogen (secondary N) is 1. The Morgan fingerprint density at radius 2 is 1.86 bits per heavy atom. The van der Waals surface area contributed by atoms with Crippen LogP contribution < -0.4 is 10.1 Å². The SMILES string of the molecule is CNCc1cc(C(=O)N2CCN(C3CC3)CC2)ccc1Oc1ccc(Cl)cc1F. The zero-order chi connectivity index (χ0) is 20.4. The van der Waals surface area contributed by atoms with E-state index in [0.29, 0.717) is 22.9 Å². The summed E-state index contributed by atoms with van der Waals surface area (Å²) in [6, 6.07) is 10.3. The molecule has 2 fully saturated rings. The summed E-state index contributed by atoms with van der Waals surface area (Å²) >= 11 is 5.81. The first kappa shape index (κ1) is 20.1. The fourth-order valence-electron chi connectivity index (χ4n) is 3.73. The van der Waals surface area contributed by atoms with Crippen molar-refractivity contribution in [3.8, 4) is 11.5 Å². The van der Waals surface area contributed by atoms with E-state index in [0.717, 1.165) is 37.8 Å². The maximum absolute atomic E-state index is 14.1. The van der Waals surface area contributed by atoms with Gasteiger partial charge in [0.05, 0.1) is 0 Å². The van der Waals surface area contributed by atoms with Gasteiger partial charge in [0.25, 0.3) is 5.91 Å². The van der Waals surface area contributed by atoms with Crippen molar-refractivity contribution in [2.75, 3.05) is 33.2 Å². The number of piperazine rings is 1. The molecule has 1 saturated heterocycles. The van der Waals surface area contributed by atoms with E-state index in [9.17, 15) is 9.18 Å². The first-order valence-electron chi connectivity index (χ1n) is 9.99. The highest BCUT2D eigenvalue weighted by molar-refractivity contribution is 6.30. The quantitative estimate of drug-likeness (QED) is 0.774. The van der Waals surface area contributed by atoms with Crippen molar-refractivity contribution < 1.29 is 13.9 Å². The molecule has 1 aliphatic carbocycles. The van der Waals surface area contributed by atoms with Crippen molar-refractivity contribution in [3.05, 3.63) is 58.4 Å². The molecule has 2 aliphatic rings. The molecule has 1 aliphatic heterocycles. The van der Waals surface area contributed by atoms with Crippen LogP contribution in [0.4, 0.5) is 4.39 Å². The Kier molecular flexibility index (Phi) is 6.04. The van der Waals surface area contributed by atoms with E-state index in [1.165, 1.54) is 25.0 Å². The monoisotopic (exact) mass is 417 g/mol. The fourth-order valence-corrected chi connectivity index (χ4v) is 3.89. The molecule has 29 heavy (non-hydrogen) atoms. The molecule has 4 rings (SSSR count). The predicted molar refractivity (Wildman–Crippen MR) is 111 cm³/mol. The van der Waals surface area contributed by atoms with Gasteiger partial charge in [0.1, 0.15) is 5.75 Å². The van der Waals surface area contributed by atoms with E-state index in [1.54, 1.807) is 18.2 Å². The lowest BCUT2D eigenvalue weighted by Crippen LogP contribution is -2.49. The molecule has 0 bridgehead atoms. The standard InChI is InChI=1S/C22H25ClFN3O2/c1-25-14-16-12-15(22(28)27-10-8-26(9-11-27)18-4-5-18)2-6-20(16)29-21-7-3-17(23)13-19(21)24/h2-3,6-7,12-13,18,25H,4-5,8-11,14H2,1H3. The van der Waals surface area contributed by atoms with E-state index in [4.69, 9.17) is 16.3 Å². The summed E-state index contributed by atoms with van der Waals surface area (Å²) in [4.78, 5) is 17.4. The smallest absolute Gasteiger partial charge is 0.253 e. The second-order valence-corrected chi connectivity index (χ2v) is 8.03. The van der Waals surface area contributed by atoms with Crippen LogP contribution in [-0.2, 0) is 6.54 Å². The molecule has 7 heteroatoms. The van der Waals surface area contributed by atoms with Gasteiger partial charge in [-0.1, -0.05) is 11.6 Å². The van der Waals surface area contributed by atoms with E-state index >= 15 is 0 Å². The predicted octanol–water partition coefficient (Wildman–Crippen LogP) is 3.91. The van der Waals surface area contributed by atoms with Gasteiger partial charge < -0.3 is 15.0 Å². The summed E-state index contributed by atoms with van der Waals surface area (Å²) in [5.74, 6) is 0.112. The van der Waals surface area contributed by atoms with Gasteiger partial charge in [-0.25, -0.2) is 4.39 Å². The maximum Gasteiger partial charge on any atom is 0.253 e.